The number of fused-ring (bicyclic) bond motifs is 1. The lowest BCUT2D eigenvalue weighted by atomic mass is 9.89. The minimum atomic E-state index is -0.141. The first-order valence-corrected chi connectivity index (χ1v) is 5.55. The largest absolute Gasteiger partial charge is 0.303 e. The van der Waals surface area contributed by atoms with Gasteiger partial charge in [-0.1, -0.05) is 6.07 Å². The third-order valence-corrected chi connectivity index (χ3v) is 3.04. The number of hydrogen-bond donors (Lipinski definition) is 0. The number of carbonyl (C=O) groups is 1. The number of halogens is 1. The highest BCUT2D eigenvalue weighted by molar-refractivity contribution is 5.50. The molecule has 80 valence electrons. The Morgan fingerprint density at radius 3 is 2.53 bits per heavy atom. The molecule has 0 heterocycles. The number of rotatable bonds is 3. The van der Waals surface area contributed by atoms with Crippen molar-refractivity contribution in [1.29, 1.82) is 0 Å². The van der Waals surface area contributed by atoms with E-state index in [2.05, 4.69) is 0 Å². The van der Waals surface area contributed by atoms with Crippen LogP contribution in [0.3, 0.4) is 0 Å². The first kappa shape index (κ1) is 10.3. The monoisotopic (exact) mass is 206 g/mol. The predicted octanol–water partition coefficient (Wildman–Crippen LogP) is 2.84. The summed E-state index contributed by atoms with van der Waals surface area (Å²) in [6.07, 6.45) is 6.22. The van der Waals surface area contributed by atoms with Crippen LogP contribution in [0.5, 0.6) is 0 Å². The second-order valence-corrected chi connectivity index (χ2v) is 4.12. The molecule has 0 atom stereocenters. The van der Waals surface area contributed by atoms with Gasteiger partial charge in [-0.3, -0.25) is 0 Å². The van der Waals surface area contributed by atoms with E-state index >= 15 is 0 Å². The molecule has 0 saturated carbocycles. The number of aldehydes is 1. The standard InChI is InChI=1S/C13H15FO/c14-13-9-11-5-2-1-4-10(11)8-12(13)6-3-7-15/h7-9H,1-6H2. The van der Waals surface area contributed by atoms with E-state index in [1.807, 2.05) is 6.07 Å². The zero-order chi connectivity index (χ0) is 10.7. The Balaban J connectivity index is 2.27. The highest BCUT2D eigenvalue weighted by atomic mass is 19.1. The molecule has 0 spiro atoms. The second kappa shape index (κ2) is 4.56. The van der Waals surface area contributed by atoms with Crippen LogP contribution < -0.4 is 0 Å². The van der Waals surface area contributed by atoms with Gasteiger partial charge in [-0.2, -0.15) is 0 Å². The molecule has 1 aromatic rings. The van der Waals surface area contributed by atoms with E-state index in [-0.39, 0.29) is 5.82 Å². The minimum Gasteiger partial charge on any atom is -0.303 e. The Hall–Kier alpha value is -1.18. The lowest BCUT2D eigenvalue weighted by molar-refractivity contribution is -0.107. The fourth-order valence-corrected chi connectivity index (χ4v) is 2.21. The Labute approximate surface area is 89.3 Å². The van der Waals surface area contributed by atoms with Gasteiger partial charge >= 0.3 is 0 Å². The summed E-state index contributed by atoms with van der Waals surface area (Å²) in [7, 11) is 0. The number of benzene rings is 1. The van der Waals surface area contributed by atoms with E-state index in [0.717, 1.165) is 24.7 Å². The summed E-state index contributed by atoms with van der Waals surface area (Å²) in [5.74, 6) is -0.141. The van der Waals surface area contributed by atoms with Crippen molar-refractivity contribution >= 4 is 6.29 Å². The molecule has 0 fully saturated rings. The maximum atomic E-state index is 13.6. The number of carbonyl (C=O) groups excluding carboxylic acids is 1. The minimum absolute atomic E-state index is 0.141. The van der Waals surface area contributed by atoms with E-state index in [1.165, 1.54) is 18.4 Å². The van der Waals surface area contributed by atoms with Gasteiger partial charge in [0.1, 0.15) is 12.1 Å². The third-order valence-electron chi connectivity index (χ3n) is 3.04. The first-order chi connectivity index (χ1) is 7.31. The van der Waals surface area contributed by atoms with Crippen molar-refractivity contribution in [2.75, 3.05) is 0 Å². The van der Waals surface area contributed by atoms with E-state index < -0.39 is 0 Å². The molecular formula is C13H15FO. The van der Waals surface area contributed by atoms with Gasteiger partial charge in [0.05, 0.1) is 0 Å². The molecular weight excluding hydrogens is 191 g/mol. The van der Waals surface area contributed by atoms with Crippen LogP contribution >= 0.6 is 0 Å². The normalized spacial score (nSPS) is 14.7. The van der Waals surface area contributed by atoms with Crippen molar-refractivity contribution < 1.29 is 9.18 Å². The van der Waals surface area contributed by atoms with Crippen LogP contribution in [0.2, 0.25) is 0 Å². The molecule has 0 aromatic heterocycles. The fourth-order valence-electron chi connectivity index (χ4n) is 2.21. The zero-order valence-electron chi connectivity index (χ0n) is 8.76. The highest BCUT2D eigenvalue weighted by Crippen LogP contribution is 2.24. The average molecular weight is 206 g/mol. The molecule has 0 saturated heterocycles. The Kier molecular flexibility index (Phi) is 3.14. The van der Waals surface area contributed by atoms with Crippen LogP contribution in [-0.4, -0.2) is 6.29 Å². The van der Waals surface area contributed by atoms with Gasteiger partial charge in [0.25, 0.3) is 0 Å². The van der Waals surface area contributed by atoms with Gasteiger partial charge in [0.15, 0.2) is 0 Å². The molecule has 0 N–H and O–H groups in total. The Morgan fingerprint density at radius 1 is 1.20 bits per heavy atom. The van der Waals surface area contributed by atoms with Crippen molar-refractivity contribution in [3.8, 4) is 0 Å². The number of hydrogen-bond acceptors (Lipinski definition) is 1. The smallest absolute Gasteiger partial charge is 0.126 e. The highest BCUT2D eigenvalue weighted by Gasteiger charge is 2.12. The van der Waals surface area contributed by atoms with Crippen LogP contribution in [-0.2, 0) is 24.1 Å². The quantitative estimate of drug-likeness (QED) is 0.695. The van der Waals surface area contributed by atoms with Crippen LogP contribution in [0.25, 0.3) is 0 Å². The molecule has 2 rings (SSSR count). The molecule has 0 aliphatic heterocycles. The van der Waals surface area contributed by atoms with Crippen molar-refractivity contribution in [3.63, 3.8) is 0 Å². The summed E-state index contributed by atoms with van der Waals surface area (Å²) in [5, 5.41) is 0. The Morgan fingerprint density at radius 2 is 1.87 bits per heavy atom. The summed E-state index contributed by atoms with van der Waals surface area (Å²) in [6, 6.07) is 3.61. The summed E-state index contributed by atoms with van der Waals surface area (Å²) >= 11 is 0. The van der Waals surface area contributed by atoms with Crippen molar-refractivity contribution in [2.45, 2.75) is 38.5 Å². The molecule has 1 nitrogen and oxygen atoms in total. The van der Waals surface area contributed by atoms with Crippen molar-refractivity contribution in [1.82, 2.24) is 0 Å². The van der Waals surface area contributed by atoms with Gasteiger partial charge < -0.3 is 4.79 Å². The van der Waals surface area contributed by atoms with Crippen LogP contribution in [0.1, 0.15) is 36.0 Å². The second-order valence-electron chi connectivity index (χ2n) is 4.12. The van der Waals surface area contributed by atoms with Crippen LogP contribution in [0.4, 0.5) is 4.39 Å². The van der Waals surface area contributed by atoms with E-state index in [9.17, 15) is 9.18 Å². The van der Waals surface area contributed by atoms with Gasteiger partial charge in [-0.25, -0.2) is 4.39 Å². The van der Waals surface area contributed by atoms with E-state index in [4.69, 9.17) is 0 Å². The first-order valence-electron chi connectivity index (χ1n) is 5.55. The Bertz CT molecular complexity index is 371. The third kappa shape index (κ3) is 2.25. The predicted molar refractivity (Wildman–Crippen MR) is 57.4 cm³/mol. The molecule has 1 aromatic carbocycles. The maximum absolute atomic E-state index is 13.6. The summed E-state index contributed by atoms with van der Waals surface area (Å²) in [4.78, 5) is 10.3. The number of aryl methyl sites for hydroxylation is 3. The molecule has 1 aliphatic rings. The lowest BCUT2D eigenvalue weighted by Gasteiger charge is -2.17. The van der Waals surface area contributed by atoms with Gasteiger partial charge in [0, 0.05) is 6.42 Å². The van der Waals surface area contributed by atoms with Gasteiger partial charge in [-0.15, -0.1) is 0 Å². The molecule has 2 heteroatoms. The summed E-state index contributed by atoms with van der Waals surface area (Å²) in [6.45, 7) is 0. The van der Waals surface area contributed by atoms with Crippen molar-refractivity contribution in [3.05, 3.63) is 34.6 Å². The SMILES string of the molecule is O=CCCc1cc2c(cc1F)CCCC2. The molecule has 0 amide bonds. The topological polar surface area (TPSA) is 17.1 Å². The van der Waals surface area contributed by atoms with E-state index in [1.54, 1.807) is 6.07 Å². The van der Waals surface area contributed by atoms with Crippen LogP contribution in [0, 0.1) is 5.82 Å². The van der Waals surface area contributed by atoms with Crippen LogP contribution in [0.15, 0.2) is 12.1 Å². The molecule has 0 bridgehead atoms. The van der Waals surface area contributed by atoms with Crippen molar-refractivity contribution in [2.24, 2.45) is 0 Å². The zero-order valence-corrected chi connectivity index (χ0v) is 8.76. The van der Waals surface area contributed by atoms with E-state index in [0.29, 0.717) is 18.4 Å². The molecule has 1 aliphatic carbocycles. The van der Waals surface area contributed by atoms with Gasteiger partial charge in [-0.05, 0) is 54.9 Å². The van der Waals surface area contributed by atoms with Gasteiger partial charge in [0.2, 0.25) is 0 Å². The fraction of sp³-hybridized carbons (Fsp3) is 0.462. The average Bonchev–Trinajstić information content (AvgIpc) is 2.26. The molecule has 15 heavy (non-hydrogen) atoms. The maximum Gasteiger partial charge on any atom is 0.126 e. The molecule has 0 radical (unpaired) electrons. The molecule has 0 unspecified atom stereocenters. The summed E-state index contributed by atoms with van der Waals surface area (Å²) < 4.78 is 13.6. The summed E-state index contributed by atoms with van der Waals surface area (Å²) in [5.41, 5.74) is 3.14. The lowest BCUT2D eigenvalue weighted by Crippen LogP contribution is -2.05.